The van der Waals surface area contributed by atoms with Gasteiger partial charge in [-0.3, -0.25) is 4.79 Å². The SMILES string of the molecule is COc1ncccc1C(=O)OC(C(=O)Nc1ccc(C)cc1)c1ccccc1. The number of rotatable bonds is 6. The first-order chi connectivity index (χ1) is 13.6. The van der Waals surface area contributed by atoms with Crippen LogP contribution >= 0.6 is 0 Å². The number of aryl methyl sites for hydroxylation is 1. The van der Waals surface area contributed by atoms with Crippen LogP contribution in [0.3, 0.4) is 0 Å². The lowest BCUT2D eigenvalue weighted by molar-refractivity contribution is -0.125. The van der Waals surface area contributed by atoms with Gasteiger partial charge in [-0.25, -0.2) is 9.78 Å². The van der Waals surface area contributed by atoms with Gasteiger partial charge in [0.25, 0.3) is 5.91 Å². The predicted molar refractivity (Wildman–Crippen MR) is 105 cm³/mol. The van der Waals surface area contributed by atoms with Crippen LogP contribution in [0.15, 0.2) is 72.9 Å². The molecule has 0 aliphatic heterocycles. The maximum Gasteiger partial charge on any atom is 0.344 e. The highest BCUT2D eigenvalue weighted by Gasteiger charge is 2.27. The van der Waals surface area contributed by atoms with Crippen LogP contribution in [0.1, 0.15) is 27.6 Å². The summed E-state index contributed by atoms with van der Waals surface area (Å²) in [7, 11) is 1.41. The Kier molecular flexibility index (Phi) is 6.01. The number of hydrogen-bond donors (Lipinski definition) is 1. The molecule has 1 heterocycles. The first-order valence-corrected chi connectivity index (χ1v) is 8.71. The molecule has 6 nitrogen and oxygen atoms in total. The van der Waals surface area contributed by atoms with Gasteiger partial charge in [-0.15, -0.1) is 0 Å². The molecule has 1 aromatic heterocycles. The minimum atomic E-state index is -1.13. The number of methoxy groups -OCH3 is 1. The number of pyridine rings is 1. The van der Waals surface area contributed by atoms with E-state index in [0.29, 0.717) is 11.3 Å². The van der Waals surface area contributed by atoms with Crippen LogP contribution in [0.5, 0.6) is 5.88 Å². The number of carbonyl (C=O) groups excluding carboxylic acids is 2. The molecule has 1 amide bonds. The molecular formula is C22H20N2O4. The van der Waals surface area contributed by atoms with Crippen molar-refractivity contribution in [1.82, 2.24) is 4.98 Å². The van der Waals surface area contributed by atoms with Crippen molar-refractivity contribution in [3.8, 4) is 5.88 Å². The molecule has 0 aliphatic rings. The molecule has 1 atom stereocenters. The third kappa shape index (κ3) is 4.54. The molecule has 2 aromatic carbocycles. The van der Waals surface area contributed by atoms with E-state index in [4.69, 9.17) is 9.47 Å². The molecule has 0 spiro atoms. The molecule has 0 fully saturated rings. The highest BCUT2D eigenvalue weighted by atomic mass is 16.6. The Balaban J connectivity index is 1.86. The van der Waals surface area contributed by atoms with Crippen LogP contribution in [-0.4, -0.2) is 24.0 Å². The molecule has 6 heteroatoms. The lowest BCUT2D eigenvalue weighted by Crippen LogP contribution is -2.26. The highest BCUT2D eigenvalue weighted by Crippen LogP contribution is 2.24. The van der Waals surface area contributed by atoms with Crippen molar-refractivity contribution in [2.24, 2.45) is 0 Å². The number of benzene rings is 2. The monoisotopic (exact) mass is 376 g/mol. The maximum atomic E-state index is 12.9. The molecular weight excluding hydrogens is 356 g/mol. The Bertz CT molecular complexity index is 956. The Morgan fingerprint density at radius 3 is 2.36 bits per heavy atom. The van der Waals surface area contributed by atoms with Crippen LogP contribution in [-0.2, 0) is 9.53 Å². The second-order valence-corrected chi connectivity index (χ2v) is 6.11. The number of esters is 1. The molecule has 0 radical (unpaired) electrons. The van der Waals surface area contributed by atoms with Crippen molar-refractivity contribution in [3.63, 3.8) is 0 Å². The fourth-order valence-corrected chi connectivity index (χ4v) is 2.62. The van der Waals surface area contributed by atoms with E-state index in [9.17, 15) is 9.59 Å². The van der Waals surface area contributed by atoms with E-state index in [0.717, 1.165) is 5.56 Å². The normalized spacial score (nSPS) is 11.4. The quantitative estimate of drug-likeness (QED) is 0.660. The summed E-state index contributed by atoms with van der Waals surface area (Å²) in [6, 6.07) is 19.3. The number of anilines is 1. The molecule has 3 rings (SSSR count). The summed E-state index contributed by atoms with van der Waals surface area (Å²) in [6.07, 6.45) is 0.383. The van der Waals surface area contributed by atoms with Gasteiger partial charge >= 0.3 is 5.97 Å². The molecule has 0 saturated heterocycles. The Hall–Kier alpha value is -3.67. The van der Waals surface area contributed by atoms with Gasteiger partial charge in [-0.05, 0) is 31.2 Å². The summed E-state index contributed by atoms with van der Waals surface area (Å²) in [6.45, 7) is 1.96. The molecule has 142 valence electrons. The molecule has 1 unspecified atom stereocenters. The minimum absolute atomic E-state index is 0.137. The first-order valence-electron chi connectivity index (χ1n) is 8.71. The van der Waals surface area contributed by atoms with Crippen molar-refractivity contribution in [2.75, 3.05) is 12.4 Å². The second kappa shape index (κ2) is 8.81. The molecule has 3 aromatic rings. The average molecular weight is 376 g/mol. The zero-order chi connectivity index (χ0) is 19.9. The van der Waals surface area contributed by atoms with Crippen molar-refractivity contribution < 1.29 is 19.1 Å². The zero-order valence-corrected chi connectivity index (χ0v) is 15.6. The summed E-state index contributed by atoms with van der Waals surface area (Å²) in [4.78, 5) is 29.6. The summed E-state index contributed by atoms with van der Waals surface area (Å²) >= 11 is 0. The number of nitrogens with one attached hydrogen (secondary N) is 1. The van der Waals surface area contributed by atoms with Crippen molar-refractivity contribution in [2.45, 2.75) is 13.0 Å². The standard InChI is InChI=1S/C22H20N2O4/c1-15-10-12-17(13-11-15)24-20(25)19(16-7-4-3-5-8-16)28-22(26)18-9-6-14-23-21(18)27-2/h3-14,19H,1-2H3,(H,24,25). The van der Waals surface area contributed by atoms with Gasteiger partial charge in [0.2, 0.25) is 12.0 Å². The topological polar surface area (TPSA) is 77.5 Å². The predicted octanol–water partition coefficient (Wildman–Crippen LogP) is 3.94. The van der Waals surface area contributed by atoms with Gasteiger partial charge in [0.15, 0.2) is 0 Å². The van der Waals surface area contributed by atoms with Crippen LogP contribution in [0.2, 0.25) is 0 Å². The van der Waals surface area contributed by atoms with Gasteiger partial charge in [-0.1, -0.05) is 48.0 Å². The molecule has 0 bridgehead atoms. The fraction of sp³-hybridized carbons (Fsp3) is 0.136. The van der Waals surface area contributed by atoms with E-state index in [2.05, 4.69) is 10.3 Å². The highest BCUT2D eigenvalue weighted by molar-refractivity contribution is 5.98. The Morgan fingerprint density at radius 1 is 0.964 bits per heavy atom. The maximum absolute atomic E-state index is 12.9. The van der Waals surface area contributed by atoms with Crippen molar-refractivity contribution in [1.29, 1.82) is 0 Å². The van der Waals surface area contributed by atoms with Gasteiger partial charge < -0.3 is 14.8 Å². The van der Waals surface area contributed by atoms with Crippen LogP contribution in [0.4, 0.5) is 5.69 Å². The van der Waals surface area contributed by atoms with E-state index in [1.54, 1.807) is 42.5 Å². The largest absolute Gasteiger partial charge is 0.480 e. The third-order valence-corrected chi connectivity index (χ3v) is 4.07. The number of ether oxygens (including phenoxy) is 2. The summed E-state index contributed by atoms with van der Waals surface area (Å²) in [5.74, 6) is -1.01. The molecule has 1 N–H and O–H groups in total. The minimum Gasteiger partial charge on any atom is -0.480 e. The first kappa shape index (κ1) is 19.1. The Morgan fingerprint density at radius 2 is 1.68 bits per heavy atom. The van der Waals surface area contributed by atoms with Gasteiger partial charge in [0, 0.05) is 17.4 Å². The van der Waals surface area contributed by atoms with Crippen molar-refractivity contribution in [3.05, 3.63) is 89.6 Å². The number of amides is 1. The van der Waals surface area contributed by atoms with Gasteiger partial charge in [0.05, 0.1) is 7.11 Å². The average Bonchev–Trinajstić information content (AvgIpc) is 2.74. The van der Waals surface area contributed by atoms with E-state index >= 15 is 0 Å². The lowest BCUT2D eigenvalue weighted by atomic mass is 10.1. The number of hydrogen-bond acceptors (Lipinski definition) is 5. The summed E-state index contributed by atoms with van der Waals surface area (Å²) < 4.78 is 10.7. The third-order valence-electron chi connectivity index (χ3n) is 4.07. The van der Waals surface area contributed by atoms with E-state index < -0.39 is 18.0 Å². The zero-order valence-electron chi connectivity index (χ0n) is 15.6. The smallest absolute Gasteiger partial charge is 0.344 e. The van der Waals surface area contributed by atoms with E-state index in [1.807, 2.05) is 25.1 Å². The lowest BCUT2D eigenvalue weighted by Gasteiger charge is -2.18. The van der Waals surface area contributed by atoms with E-state index in [1.165, 1.54) is 19.4 Å². The van der Waals surface area contributed by atoms with Gasteiger partial charge in [-0.2, -0.15) is 0 Å². The Labute approximate surface area is 163 Å². The van der Waals surface area contributed by atoms with E-state index in [-0.39, 0.29) is 11.4 Å². The second-order valence-electron chi connectivity index (χ2n) is 6.11. The van der Waals surface area contributed by atoms with Gasteiger partial charge in [0.1, 0.15) is 5.56 Å². The number of aromatic nitrogens is 1. The molecule has 28 heavy (non-hydrogen) atoms. The van der Waals surface area contributed by atoms with Crippen LogP contribution < -0.4 is 10.1 Å². The summed E-state index contributed by atoms with van der Waals surface area (Å²) in [5, 5.41) is 2.79. The fourth-order valence-electron chi connectivity index (χ4n) is 2.62. The van der Waals surface area contributed by atoms with Crippen LogP contribution in [0, 0.1) is 6.92 Å². The van der Waals surface area contributed by atoms with Crippen molar-refractivity contribution >= 4 is 17.6 Å². The molecule has 0 aliphatic carbocycles. The number of nitrogens with zero attached hydrogens (tertiary/aromatic N) is 1. The summed E-state index contributed by atoms with van der Waals surface area (Å²) in [5.41, 5.74) is 2.40. The molecule has 0 saturated carbocycles. The number of carbonyl (C=O) groups is 2. The van der Waals surface area contributed by atoms with Crippen LogP contribution in [0.25, 0.3) is 0 Å².